The molecule has 34 heavy (non-hydrogen) atoms. The Morgan fingerprint density at radius 1 is 0.618 bits per heavy atom. The molecule has 0 bridgehead atoms. The zero-order valence-corrected chi connectivity index (χ0v) is 20.4. The lowest BCUT2D eigenvalue weighted by molar-refractivity contribution is 1.33. The molecule has 0 fully saturated rings. The smallest absolute Gasteiger partial charge is 0.236 e. The minimum absolute atomic E-state index is 0.273. The second-order valence-corrected chi connectivity index (χ2v) is 11.9. The van der Waals surface area contributed by atoms with Gasteiger partial charge in [-0.3, -0.25) is 0 Å². The molecule has 8 rings (SSSR count). The monoisotopic (exact) mass is 485 g/mol. The van der Waals surface area contributed by atoms with Crippen molar-refractivity contribution in [1.82, 2.24) is 4.98 Å². The van der Waals surface area contributed by atoms with Crippen molar-refractivity contribution in [2.45, 2.75) is 19.6 Å². The van der Waals surface area contributed by atoms with E-state index in [1.54, 1.807) is 0 Å². The highest BCUT2D eigenvalue weighted by Crippen LogP contribution is 2.43. The van der Waals surface area contributed by atoms with E-state index in [1.165, 1.54) is 57.0 Å². The van der Waals surface area contributed by atoms with Crippen LogP contribution in [0.4, 0.5) is 0 Å². The molecule has 0 saturated carbocycles. The predicted octanol–water partition coefficient (Wildman–Crippen LogP) is 6.56. The molecule has 5 heteroatoms. The SMILES string of the molecule is c1ccc2c(c1)Sc1cccc3c1B2c1cccc(-c2nc4ccc5ccccc5c4s2)c1S3. The average Bonchev–Trinajstić information content (AvgIpc) is 3.33. The number of fused-ring (bicyclic) bond motifs is 7. The lowest BCUT2D eigenvalue weighted by Crippen LogP contribution is -2.58. The Bertz CT molecular complexity index is 1790. The number of hydrogen-bond donors (Lipinski definition) is 0. The van der Waals surface area contributed by atoms with Crippen molar-refractivity contribution in [3.05, 3.63) is 97.1 Å². The van der Waals surface area contributed by atoms with Gasteiger partial charge in [-0.15, -0.1) is 11.3 Å². The van der Waals surface area contributed by atoms with Gasteiger partial charge in [0.25, 0.3) is 0 Å². The van der Waals surface area contributed by atoms with Crippen molar-refractivity contribution < 1.29 is 0 Å². The maximum atomic E-state index is 5.12. The molecular weight excluding hydrogens is 469 g/mol. The lowest BCUT2D eigenvalue weighted by Gasteiger charge is -2.33. The Hall–Kier alpha value is -2.99. The van der Waals surface area contributed by atoms with Gasteiger partial charge in [0.2, 0.25) is 6.71 Å². The fourth-order valence-corrected chi connectivity index (χ4v) is 9.06. The third kappa shape index (κ3) is 2.69. The van der Waals surface area contributed by atoms with Crippen LogP contribution in [0.2, 0.25) is 0 Å². The molecule has 158 valence electrons. The van der Waals surface area contributed by atoms with E-state index in [1.807, 2.05) is 34.9 Å². The van der Waals surface area contributed by atoms with Gasteiger partial charge >= 0.3 is 0 Å². The van der Waals surface area contributed by atoms with Crippen LogP contribution in [0.25, 0.3) is 31.6 Å². The first-order valence-corrected chi connectivity index (χ1v) is 13.8. The average molecular weight is 485 g/mol. The number of hydrogen-bond acceptors (Lipinski definition) is 4. The van der Waals surface area contributed by atoms with Gasteiger partial charge in [-0.25, -0.2) is 4.98 Å². The molecular formula is C29H16BNS3. The third-order valence-electron chi connectivity index (χ3n) is 6.84. The Kier molecular flexibility index (Phi) is 4.13. The first kappa shape index (κ1) is 19.3. The van der Waals surface area contributed by atoms with Gasteiger partial charge in [-0.1, -0.05) is 107 Å². The van der Waals surface area contributed by atoms with Crippen LogP contribution in [-0.2, 0) is 0 Å². The predicted molar refractivity (Wildman–Crippen MR) is 148 cm³/mol. The second-order valence-electron chi connectivity index (χ2n) is 8.72. The Balaban J connectivity index is 1.38. The topological polar surface area (TPSA) is 12.9 Å². The molecule has 0 amide bonds. The Morgan fingerprint density at radius 3 is 2.35 bits per heavy atom. The largest absolute Gasteiger partial charge is 0.247 e. The summed E-state index contributed by atoms with van der Waals surface area (Å²) in [6.45, 7) is 0.273. The number of thiazole rings is 1. The van der Waals surface area contributed by atoms with Gasteiger partial charge in [0.05, 0.1) is 10.2 Å². The summed E-state index contributed by atoms with van der Waals surface area (Å²) in [5.41, 5.74) is 6.62. The lowest BCUT2D eigenvalue weighted by atomic mass is 9.36. The summed E-state index contributed by atoms with van der Waals surface area (Å²) in [6, 6.07) is 35.4. The summed E-state index contributed by atoms with van der Waals surface area (Å²) < 4.78 is 1.27. The van der Waals surface area contributed by atoms with Crippen LogP contribution in [-0.4, -0.2) is 11.7 Å². The highest BCUT2D eigenvalue weighted by molar-refractivity contribution is 8.01. The molecule has 3 heterocycles. The van der Waals surface area contributed by atoms with Crippen LogP contribution in [0, 0.1) is 0 Å². The maximum Gasteiger partial charge on any atom is 0.247 e. The van der Waals surface area contributed by atoms with E-state index >= 15 is 0 Å². The van der Waals surface area contributed by atoms with E-state index in [9.17, 15) is 0 Å². The summed E-state index contributed by atoms with van der Waals surface area (Å²) in [4.78, 5) is 10.6. The quantitative estimate of drug-likeness (QED) is 0.245. The van der Waals surface area contributed by atoms with Crippen molar-refractivity contribution in [2.24, 2.45) is 0 Å². The fourth-order valence-electron chi connectivity index (χ4n) is 5.34. The first-order chi connectivity index (χ1) is 16.8. The van der Waals surface area contributed by atoms with Gasteiger partial charge in [0, 0.05) is 30.5 Å². The van der Waals surface area contributed by atoms with Gasteiger partial charge in [-0.05, 0) is 35.1 Å². The van der Waals surface area contributed by atoms with Crippen molar-refractivity contribution in [1.29, 1.82) is 0 Å². The number of rotatable bonds is 1. The molecule has 0 saturated heterocycles. The molecule has 0 atom stereocenters. The van der Waals surface area contributed by atoms with E-state index in [0.29, 0.717) is 0 Å². The van der Waals surface area contributed by atoms with Crippen LogP contribution >= 0.6 is 34.9 Å². The van der Waals surface area contributed by atoms with E-state index in [2.05, 4.69) is 97.1 Å². The van der Waals surface area contributed by atoms with Gasteiger partial charge < -0.3 is 0 Å². The molecule has 1 nitrogen and oxygen atoms in total. The second kappa shape index (κ2) is 7.26. The highest BCUT2D eigenvalue weighted by atomic mass is 32.2. The highest BCUT2D eigenvalue weighted by Gasteiger charge is 2.38. The minimum Gasteiger partial charge on any atom is -0.236 e. The minimum atomic E-state index is 0.273. The summed E-state index contributed by atoms with van der Waals surface area (Å²) in [5.74, 6) is 0. The first-order valence-electron chi connectivity index (χ1n) is 11.3. The Morgan fingerprint density at radius 2 is 1.38 bits per heavy atom. The van der Waals surface area contributed by atoms with Crippen LogP contribution in [0.3, 0.4) is 0 Å². The standard InChI is InChI=1S/C29H16BNS3/c1-2-8-18-17(7-1)15-16-22-28(18)34-29(31-22)19-9-5-11-21-27(19)33-25-14-6-13-24-26(25)30(21)20-10-3-4-12-23(20)32-24/h1-16H. The molecule has 5 aromatic carbocycles. The van der Waals surface area contributed by atoms with E-state index in [0.717, 1.165) is 10.5 Å². The van der Waals surface area contributed by atoms with Gasteiger partial charge in [0.15, 0.2) is 0 Å². The van der Waals surface area contributed by atoms with Gasteiger partial charge in [0.1, 0.15) is 5.01 Å². The Labute approximate surface area is 210 Å². The van der Waals surface area contributed by atoms with E-state index < -0.39 is 0 Å². The van der Waals surface area contributed by atoms with Crippen LogP contribution in [0.15, 0.2) is 117 Å². The fraction of sp³-hybridized carbons (Fsp3) is 0. The molecule has 6 aromatic rings. The third-order valence-corrected chi connectivity index (χ3v) is 10.4. The van der Waals surface area contributed by atoms with Crippen LogP contribution in [0.1, 0.15) is 0 Å². The zero-order valence-electron chi connectivity index (χ0n) is 18.0. The molecule has 0 aliphatic carbocycles. The molecule has 2 aliphatic heterocycles. The van der Waals surface area contributed by atoms with E-state index in [-0.39, 0.29) is 6.71 Å². The normalized spacial score (nSPS) is 13.6. The van der Waals surface area contributed by atoms with E-state index in [4.69, 9.17) is 4.98 Å². The summed E-state index contributed by atoms with van der Waals surface area (Å²) in [6.07, 6.45) is 0. The van der Waals surface area contributed by atoms with Crippen molar-refractivity contribution in [3.63, 3.8) is 0 Å². The van der Waals surface area contributed by atoms with Gasteiger partial charge in [-0.2, -0.15) is 0 Å². The molecule has 1 aromatic heterocycles. The van der Waals surface area contributed by atoms with Crippen LogP contribution in [0.5, 0.6) is 0 Å². The molecule has 2 aliphatic rings. The molecule has 0 unspecified atom stereocenters. The summed E-state index contributed by atoms with van der Waals surface area (Å²) in [7, 11) is 0. The maximum absolute atomic E-state index is 5.12. The van der Waals surface area contributed by atoms with Crippen molar-refractivity contribution in [2.75, 3.05) is 0 Å². The number of aromatic nitrogens is 1. The summed E-state index contributed by atoms with van der Waals surface area (Å²) in [5, 5.41) is 3.66. The van der Waals surface area contributed by atoms with Crippen LogP contribution < -0.4 is 16.4 Å². The number of nitrogens with zero attached hydrogens (tertiary/aromatic N) is 1. The summed E-state index contributed by atoms with van der Waals surface area (Å²) >= 11 is 5.64. The molecule has 0 spiro atoms. The zero-order chi connectivity index (χ0) is 22.2. The molecule has 0 N–H and O–H groups in total. The van der Waals surface area contributed by atoms with Crippen molar-refractivity contribution in [3.8, 4) is 10.6 Å². The van der Waals surface area contributed by atoms with Crippen molar-refractivity contribution >= 4 is 79.0 Å². The molecule has 0 radical (unpaired) electrons. The number of benzene rings is 5.